The smallest absolute Gasteiger partial charge is 0.0971 e. The van der Waals surface area contributed by atoms with E-state index in [-0.39, 0.29) is 12.1 Å². The zero-order valence-electron chi connectivity index (χ0n) is 13.8. The Morgan fingerprint density at radius 1 is 1.21 bits per heavy atom. The predicted octanol–water partition coefficient (Wildman–Crippen LogP) is 1.63. The standard InChI is InChI=1S/C18H24N4O2/c23-18-8-4-7-16(18)17-13-24-10-9-21(17)12-14-11-19-22(20-14)15-5-2-1-3-6-15/h1-3,5-6,11,16-18,23H,4,7-10,12-13H2/t16-,17-,18-/m1/s1. The Labute approximate surface area is 142 Å². The molecule has 1 N–H and O–H groups in total. The zero-order valence-corrected chi connectivity index (χ0v) is 13.8. The number of morpholine rings is 1. The molecule has 1 aromatic carbocycles. The summed E-state index contributed by atoms with van der Waals surface area (Å²) in [7, 11) is 0. The van der Waals surface area contributed by atoms with Crippen LogP contribution in [-0.4, -0.2) is 56.9 Å². The highest BCUT2D eigenvalue weighted by Gasteiger charge is 2.37. The second-order valence-corrected chi connectivity index (χ2v) is 6.74. The van der Waals surface area contributed by atoms with E-state index in [1.54, 1.807) is 4.80 Å². The Kier molecular flexibility index (Phi) is 4.60. The van der Waals surface area contributed by atoms with Crippen LogP contribution in [0.1, 0.15) is 25.0 Å². The van der Waals surface area contributed by atoms with Gasteiger partial charge in [-0.15, -0.1) is 0 Å². The number of para-hydroxylation sites is 1. The molecule has 0 spiro atoms. The molecule has 1 saturated heterocycles. The van der Waals surface area contributed by atoms with Crippen LogP contribution < -0.4 is 0 Å². The molecule has 2 aliphatic rings. The fourth-order valence-electron chi connectivity index (χ4n) is 3.93. The van der Waals surface area contributed by atoms with Gasteiger partial charge in [0.2, 0.25) is 0 Å². The van der Waals surface area contributed by atoms with Crippen molar-refractivity contribution in [3.63, 3.8) is 0 Å². The molecular formula is C18H24N4O2. The average molecular weight is 328 g/mol. The van der Waals surface area contributed by atoms with Crippen LogP contribution in [-0.2, 0) is 11.3 Å². The summed E-state index contributed by atoms with van der Waals surface area (Å²) in [6, 6.07) is 10.2. The molecule has 6 heteroatoms. The van der Waals surface area contributed by atoms with Gasteiger partial charge >= 0.3 is 0 Å². The molecule has 0 radical (unpaired) electrons. The first-order valence-corrected chi connectivity index (χ1v) is 8.78. The van der Waals surface area contributed by atoms with Crippen molar-refractivity contribution in [2.45, 2.75) is 38.0 Å². The van der Waals surface area contributed by atoms with E-state index in [9.17, 15) is 5.11 Å². The largest absolute Gasteiger partial charge is 0.393 e. The van der Waals surface area contributed by atoms with E-state index in [0.29, 0.717) is 12.5 Å². The first-order valence-electron chi connectivity index (χ1n) is 8.78. The van der Waals surface area contributed by atoms with Gasteiger partial charge in [-0.05, 0) is 25.0 Å². The minimum Gasteiger partial charge on any atom is -0.393 e. The van der Waals surface area contributed by atoms with Crippen LogP contribution in [0.25, 0.3) is 5.69 Å². The topological polar surface area (TPSA) is 63.4 Å². The predicted molar refractivity (Wildman–Crippen MR) is 89.7 cm³/mol. The Bertz CT molecular complexity index is 660. The van der Waals surface area contributed by atoms with Crippen molar-refractivity contribution < 1.29 is 9.84 Å². The number of ether oxygens (including phenoxy) is 1. The van der Waals surface area contributed by atoms with E-state index in [4.69, 9.17) is 4.74 Å². The molecular weight excluding hydrogens is 304 g/mol. The van der Waals surface area contributed by atoms with Gasteiger partial charge in [-0.3, -0.25) is 4.90 Å². The summed E-state index contributed by atoms with van der Waals surface area (Å²) < 4.78 is 5.69. The second-order valence-electron chi connectivity index (χ2n) is 6.74. The van der Waals surface area contributed by atoms with Gasteiger partial charge in [-0.25, -0.2) is 0 Å². The van der Waals surface area contributed by atoms with Crippen molar-refractivity contribution in [1.82, 2.24) is 19.9 Å². The first kappa shape index (κ1) is 15.7. The van der Waals surface area contributed by atoms with Gasteiger partial charge in [0.15, 0.2) is 0 Å². The van der Waals surface area contributed by atoms with Gasteiger partial charge in [-0.2, -0.15) is 15.0 Å². The number of hydrogen-bond acceptors (Lipinski definition) is 5. The number of nitrogens with zero attached hydrogens (tertiary/aromatic N) is 4. The summed E-state index contributed by atoms with van der Waals surface area (Å²) in [6.07, 6.45) is 4.76. The summed E-state index contributed by atoms with van der Waals surface area (Å²) in [6.45, 7) is 3.08. The van der Waals surface area contributed by atoms with Crippen LogP contribution in [0.4, 0.5) is 0 Å². The van der Waals surface area contributed by atoms with Gasteiger partial charge < -0.3 is 9.84 Å². The van der Waals surface area contributed by atoms with Gasteiger partial charge in [-0.1, -0.05) is 24.6 Å². The first-order chi connectivity index (χ1) is 11.8. The summed E-state index contributed by atoms with van der Waals surface area (Å²) in [4.78, 5) is 4.08. The second kappa shape index (κ2) is 7.01. The van der Waals surface area contributed by atoms with Crippen LogP contribution >= 0.6 is 0 Å². The molecule has 2 heterocycles. The van der Waals surface area contributed by atoms with E-state index in [1.165, 1.54) is 0 Å². The number of aliphatic hydroxyl groups excluding tert-OH is 1. The van der Waals surface area contributed by atoms with Crippen molar-refractivity contribution in [2.24, 2.45) is 5.92 Å². The Morgan fingerprint density at radius 3 is 2.88 bits per heavy atom. The van der Waals surface area contributed by atoms with E-state index >= 15 is 0 Å². The lowest BCUT2D eigenvalue weighted by Crippen LogP contribution is -2.50. The number of aromatic nitrogens is 3. The van der Waals surface area contributed by atoms with Gasteiger partial charge in [0, 0.05) is 25.0 Å². The number of aliphatic hydroxyl groups is 1. The molecule has 0 bridgehead atoms. The fraction of sp³-hybridized carbons (Fsp3) is 0.556. The Hall–Kier alpha value is -1.76. The maximum absolute atomic E-state index is 10.3. The van der Waals surface area contributed by atoms with E-state index in [2.05, 4.69) is 15.1 Å². The minimum absolute atomic E-state index is 0.195. The van der Waals surface area contributed by atoms with Crippen molar-refractivity contribution in [1.29, 1.82) is 0 Å². The summed E-state index contributed by atoms with van der Waals surface area (Å²) in [5.41, 5.74) is 1.92. The normalized spacial score (nSPS) is 28.3. The molecule has 24 heavy (non-hydrogen) atoms. The highest BCUT2D eigenvalue weighted by Crippen LogP contribution is 2.32. The highest BCUT2D eigenvalue weighted by atomic mass is 16.5. The van der Waals surface area contributed by atoms with Crippen molar-refractivity contribution in [3.8, 4) is 5.69 Å². The molecule has 3 atom stereocenters. The molecule has 0 amide bonds. The quantitative estimate of drug-likeness (QED) is 0.924. The Morgan fingerprint density at radius 2 is 2.08 bits per heavy atom. The number of hydrogen-bond donors (Lipinski definition) is 1. The third-order valence-electron chi connectivity index (χ3n) is 5.20. The zero-order chi connectivity index (χ0) is 16.4. The average Bonchev–Trinajstić information content (AvgIpc) is 3.25. The summed E-state index contributed by atoms with van der Waals surface area (Å²) >= 11 is 0. The summed E-state index contributed by atoms with van der Waals surface area (Å²) in [5, 5.41) is 19.3. The van der Waals surface area contributed by atoms with Gasteiger partial charge in [0.25, 0.3) is 0 Å². The molecule has 128 valence electrons. The third-order valence-corrected chi connectivity index (χ3v) is 5.20. The van der Waals surface area contributed by atoms with Crippen molar-refractivity contribution in [2.75, 3.05) is 19.8 Å². The third kappa shape index (κ3) is 3.22. The number of rotatable bonds is 4. The fourth-order valence-corrected chi connectivity index (χ4v) is 3.93. The van der Waals surface area contributed by atoms with Crippen LogP contribution in [0.15, 0.2) is 36.5 Å². The van der Waals surface area contributed by atoms with E-state index in [0.717, 1.165) is 50.3 Å². The molecule has 1 aliphatic heterocycles. The summed E-state index contributed by atoms with van der Waals surface area (Å²) in [5.74, 6) is 0.314. The lowest BCUT2D eigenvalue weighted by atomic mass is 9.94. The van der Waals surface area contributed by atoms with Crippen LogP contribution in [0.5, 0.6) is 0 Å². The SMILES string of the molecule is O[C@@H]1CCC[C@@H]1[C@H]1COCCN1Cc1cnn(-c2ccccc2)n1. The van der Waals surface area contributed by atoms with Gasteiger partial charge in [0.1, 0.15) is 0 Å². The Balaban J connectivity index is 1.48. The van der Waals surface area contributed by atoms with Crippen molar-refractivity contribution >= 4 is 0 Å². The molecule has 1 aromatic heterocycles. The van der Waals surface area contributed by atoms with E-state index in [1.807, 2.05) is 36.5 Å². The maximum Gasteiger partial charge on any atom is 0.0971 e. The van der Waals surface area contributed by atoms with Crippen LogP contribution in [0.3, 0.4) is 0 Å². The van der Waals surface area contributed by atoms with E-state index < -0.39 is 0 Å². The molecule has 4 rings (SSSR count). The highest BCUT2D eigenvalue weighted by molar-refractivity contribution is 5.28. The molecule has 0 unspecified atom stereocenters. The lowest BCUT2D eigenvalue weighted by molar-refractivity contribution is -0.0541. The molecule has 1 saturated carbocycles. The van der Waals surface area contributed by atoms with Crippen molar-refractivity contribution in [3.05, 3.63) is 42.2 Å². The maximum atomic E-state index is 10.3. The monoisotopic (exact) mass is 328 g/mol. The number of benzene rings is 1. The molecule has 2 aromatic rings. The molecule has 2 fully saturated rings. The molecule has 6 nitrogen and oxygen atoms in total. The van der Waals surface area contributed by atoms with Crippen LogP contribution in [0, 0.1) is 5.92 Å². The minimum atomic E-state index is -0.195. The van der Waals surface area contributed by atoms with Gasteiger partial charge in [0.05, 0.1) is 36.9 Å². The lowest BCUT2D eigenvalue weighted by Gasteiger charge is -2.39. The molecule has 1 aliphatic carbocycles. The van der Waals surface area contributed by atoms with Crippen LogP contribution in [0.2, 0.25) is 0 Å².